The zero-order chi connectivity index (χ0) is 17.9. The molecule has 0 unspecified atom stereocenters. The van der Waals surface area contributed by atoms with E-state index in [0.29, 0.717) is 18.9 Å². The van der Waals surface area contributed by atoms with E-state index in [4.69, 9.17) is 4.74 Å². The molecule has 2 rings (SSSR count). The summed E-state index contributed by atoms with van der Waals surface area (Å²) in [5, 5.41) is 6.34. The highest BCUT2D eigenvalue weighted by molar-refractivity contribution is 5.90. The number of benzene rings is 1. The first-order chi connectivity index (χ1) is 12.2. The van der Waals surface area contributed by atoms with Crippen molar-refractivity contribution in [3.8, 4) is 5.75 Å². The molecule has 1 heterocycles. The fraction of sp³-hybridized carbons (Fsp3) is 0.650. The SMILES string of the molecule is CCN(CC)CCOc1ccc(NC(=O)CCC2CCNCC2)cc1. The summed E-state index contributed by atoms with van der Waals surface area (Å²) in [6, 6.07) is 7.67. The Morgan fingerprint density at radius 2 is 1.88 bits per heavy atom. The molecule has 0 radical (unpaired) electrons. The zero-order valence-electron chi connectivity index (χ0n) is 15.7. The smallest absolute Gasteiger partial charge is 0.224 e. The van der Waals surface area contributed by atoms with Crippen LogP contribution in [0.1, 0.15) is 39.5 Å². The van der Waals surface area contributed by atoms with Crippen molar-refractivity contribution in [3.05, 3.63) is 24.3 Å². The Balaban J connectivity index is 1.67. The lowest BCUT2D eigenvalue weighted by molar-refractivity contribution is -0.116. The monoisotopic (exact) mass is 347 g/mol. The van der Waals surface area contributed by atoms with Crippen molar-refractivity contribution in [1.82, 2.24) is 10.2 Å². The van der Waals surface area contributed by atoms with Gasteiger partial charge >= 0.3 is 0 Å². The molecule has 2 N–H and O–H groups in total. The van der Waals surface area contributed by atoms with Crippen LogP contribution in [0.2, 0.25) is 0 Å². The Kier molecular flexibility index (Phi) is 8.77. The fourth-order valence-electron chi connectivity index (χ4n) is 3.20. The summed E-state index contributed by atoms with van der Waals surface area (Å²) in [6.45, 7) is 10.2. The van der Waals surface area contributed by atoms with E-state index in [1.807, 2.05) is 24.3 Å². The summed E-state index contributed by atoms with van der Waals surface area (Å²) in [7, 11) is 0. The number of amides is 1. The van der Waals surface area contributed by atoms with Crippen molar-refractivity contribution < 1.29 is 9.53 Å². The van der Waals surface area contributed by atoms with Crippen LogP contribution >= 0.6 is 0 Å². The number of hydrogen-bond acceptors (Lipinski definition) is 4. The minimum Gasteiger partial charge on any atom is -0.492 e. The van der Waals surface area contributed by atoms with Crippen molar-refractivity contribution in [3.63, 3.8) is 0 Å². The number of nitrogens with one attached hydrogen (secondary N) is 2. The molecule has 0 saturated carbocycles. The second kappa shape index (κ2) is 11.1. The lowest BCUT2D eigenvalue weighted by atomic mass is 9.93. The van der Waals surface area contributed by atoms with Crippen LogP contribution in [0, 0.1) is 5.92 Å². The highest BCUT2D eigenvalue weighted by Gasteiger charge is 2.14. The van der Waals surface area contributed by atoms with E-state index in [1.165, 1.54) is 12.8 Å². The molecule has 0 atom stereocenters. The Labute approximate surface area is 152 Å². The molecule has 0 bridgehead atoms. The summed E-state index contributed by atoms with van der Waals surface area (Å²) in [6.07, 6.45) is 3.96. The summed E-state index contributed by atoms with van der Waals surface area (Å²) < 4.78 is 5.77. The molecule has 1 fully saturated rings. The minimum atomic E-state index is 0.105. The molecule has 0 aliphatic carbocycles. The van der Waals surface area contributed by atoms with Crippen LogP contribution in [-0.2, 0) is 4.79 Å². The van der Waals surface area contributed by atoms with E-state index in [-0.39, 0.29) is 5.91 Å². The quantitative estimate of drug-likeness (QED) is 0.683. The lowest BCUT2D eigenvalue weighted by Gasteiger charge is -2.22. The van der Waals surface area contributed by atoms with Gasteiger partial charge in [0.2, 0.25) is 5.91 Å². The first-order valence-electron chi connectivity index (χ1n) is 9.67. The van der Waals surface area contributed by atoms with E-state index < -0.39 is 0 Å². The predicted octanol–water partition coefficient (Wildman–Crippen LogP) is 3.13. The Bertz CT molecular complexity index is 494. The molecular weight excluding hydrogens is 314 g/mol. The van der Waals surface area contributed by atoms with Crippen LogP contribution in [-0.4, -0.2) is 50.1 Å². The average Bonchev–Trinajstić information content (AvgIpc) is 2.66. The summed E-state index contributed by atoms with van der Waals surface area (Å²) in [4.78, 5) is 14.4. The molecule has 1 aromatic rings. The number of likely N-dealkylation sites (N-methyl/N-ethyl adjacent to an activating group) is 1. The van der Waals surface area contributed by atoms with Gasteiger partial charge in [0.15, 0.2) is 0 Å². The van der Waals surface area contributed by atoms with Crippen LogP contribution in [0.15, 0.2) is 24.3 Å². The number of nitrogens with zero attached hydrogens (tertiary/aromatic N) is 1. The maximum absolute atomic E-state index is 12.1. The first kappa shape index (κ1) is 19.7. The Morgan fingerprint density at radius 3 is 2.52 bits per heavy atom. The summed E-state index contributed by atoms with van der Waals surface area (Å²) in [5.74, 6) is 1.64. The molecule has 1 amide bonds. The third-order valence-corrected chi connectivity index (χ3v) is 4.95. The third-order valence-electron chi connectivity index (χ3n) is 4.95. The largest absolute Gasteiger partial charge is 0.492 e. The molecule has 5 heteroatoms. The molecule has 140 valence electrons. The van der Waals surface area contributed by atoms with E-state index in [0.717, 1.165) is 50.6 Å². The molecule has 25 heavy (non-hydrogen) atoms. The zero-order valence-corrected chi connectivity index (χ0v) is 15.7. The maximum atomic E-state index is 12.1. The molecule has 0 spiro atoms. The van der Waals surface area contributed by atoms with E-state index in [9.17, 15) is 4.79 Å². The number of rotatable bonds is 10. The van der Waals surface area contributed by atoms with Gasteiger partial charge in [-0.05, 0) is 75.6 Å². The van der Waals surface area contributed by atoms with Crippen LogP contribution in [0.4, 0.5) is 5.69 Å². The molecule has 1 aliphatic rings. The van der Waals surface area contributed by atoms with Gasteiger partial charge in [0, 0.05) is 18.7 Å². The maximum Gasteiger partial charge on any atom is 0.224 e. The first-order valence-corrected chi connectivity index (χ1v) is 9.67. The molecule has 0 aromatic heterocycles. The number of carbonyl (C=O) groups is 1. The van der Waals surface area contributed by atoms with Crippen LogP contribution in [0.5, 0.6) is 5.75 Å². The highest BCUT2D eigenvalue weighted by Crippen LogP contribution is 2.19. The fourth-order valence-corrected chi connectivity index (χ4v) is 3.20. The van der Waals surface area contributed by atoms with Crippen LogP contribution in [0.3, 0.4) is 0 Å². The van der Waals surface area contributed by atoms with Crippen molar-refractivity contribution in [2.24, 2.45) is 5.92 Å². The molecule has 1 aliphatic heterocycles. The Morgan fingerprint density at radius 1 is 1.20 bits per heavy atom. The number of piperidine rings is 1. The predicted molar refractivity (Wildman–Crippen MR) is 103 cm³/mol. The Hall–Kier alpha value is -1.59. The normalized spacial score (nSPS) is 15.3. The van der Waals surface area contributed by atoms with Gasteiger partial charge in [-0.3, -0.25) is 4.79 Å². The summed E-state index contributed by atoms with van der Waals surface area (Å²) in [5.41, 5.74) is 0.839. The topological polar surface area (TPSA) is 53.6 Å². The van der Waals surface area contributed by atoms with Gasteiger partial charge in [0.1, 0.15) is 12.4 Å². The molecular formula is C20H33N3O2. The molecule has 1 aromatic carbocycles. The van der Waals surface area contributed by atoms with Gasteiger partial charge < -0.3 is 20.3 Å². The van der Waals surface area contributed by atoms with Gasteiger partial charge in [-0.15, -0.1) is 0 Å². The van der Waals surface area contributed by atoms with Gasteiger partial charge in [-0.1, -0.05) is 13.8 Å². The average molecular weight is 348 g/mol. The lowest BCUT2D eigenvalue weighted by Crippen LogP contribution is -2.28. The van der Waals surface area contributed by atoms with E-state index >= 15 is 0 Å². The highest BCUT2D eigenvalue weighted by atomic mass is 16.5. The van der Waals surface area contributed by atoms with Gasteiger partial charge in [-0.25, -0.2) is 0 Å². The summed E-state index contributed by atoms with van der Waals surface area (Å²) >= 11 is 0. The van der Waals surface area contributed by atoms with Crippen LogP contribution in [0.25, 0.3) is 0 Å². The van der Waals surface area contributed by atoms with Crippen LogP contribution < -0.4 is 15.4 Å². The molecule has 5 nitrogen and oxygen atoms in total. The van der Waals surface area contributed by atoms with E-state index in [2.05, 4.69) is 29.4 Å². The van der Waals surface area contributed by atoms with Gasteiger partial charge in [0.25, 0.3) is 0 Å². The van der Waals surface area contributed by atoms with Crippen molar-refractivity contribution in [1.29, 1.82) is 0 Å². The molecule has 1 saturated heterocycles. The number of anilines is 1. The number of carbonyl (C=O) groups excluding carboxylic acids is 1. The van der Waals surface area contributed by atoms with Crippen molar-refractivity contribution >= 4 is 11.6 Å². The number of hydrogen-bond donors (Lipinski definition) is 2. The van der Waals surface area contributed by atoms with Gasteiger partial charge in [-0.2, -0.15) is 0 Å². The van der Waals surface area contributed by atoms with E-state index in [1.54, 1.807) is 0 Å². The number of ether oxygens (including phenoxy) is 1. The second-order valence-corrected chi connectivity index (χ2v) is 6.68. The standard InChI is InChI=1S/C20H33N3O2/c1-3-23(4-2)15-16-25-19-8-6-18(7-9-19)22-20(24)10-5-17-11-13-21-14-12-17/h6-9,17,21H,3-5,10-16H2,1-2H3,(H,22,24). The van der Waals surface area contributed by atoms with Crippen molar-refractivity contribution in [2.75, 3.05) is 44.6 Å². The van der Waals surface area contributed by atoms with Gasteiger partial charge in [0.05, 0.1) is 0 Å². The second-order valence-electron chi connectivity index (χ2n) is 6.68. The third kappa shape index (κ3) is 7.45. The van der Waals surface area contributed by atoms with Crippen molar-refractivity contribution in [2.45, 2.75) is 39.5 Å². The minimum absolute atomic E-state index is 0.105.